The lowest BCUT2D eigenvalue weighted by molar-refractivity contribution is -0.151. The smallest absolute Gasteiger partial charge is 0.273 e. The third kappa shape index (κ3) is 3.07. The molecule has 1 aliphatic rings. The lowest BCUT2D eigenvalue weighted by atomic mass is 9.94. The summed E-state index contributed by atoms with van der Waals surface area (Å²) in [7, 11) is -4.00. The van der Waals surface area contributed by atoms with Crippen LogP contribution in [0.15, 0.2) is 59.5 Å². The van der Waals surface area contributed by atoms with Crippen molar-refractivity contribution in [2.24, 2.45) is 0 Å². The van der Waals surface area contributed by atoms with Crippen molar-refractivity contribution in [3.8, 4) is 0 Å². The Labute approximate surface area is 145 Å². The Kier molecular flexibility index (Phi) is 4.67. The molecule has 1 aliphatic heterocycles. The summed E-state index contributed by atoms with van der Waals surface area (Å²) in [4.78, 5) is 12.3. The van der Waals surface area contributed by atoms with E-state index < -0.39 is 22.3 Å². The van der Waals surface area contributed by atoms with Gasteiger partial charge in [0.2, 0.25) is 0 Å². The third-order valence-electron chi connectivity index (χ3n) is 3.88. The number of benzene rings is 2. The maximum Gasteiger partial charge on any atom is 0.297 e. The van der Waals surface area contributed by atoms with Crippen LogP contribution in [0, 0.1) is 6.92 Å². The fourth-order valence-electron chi connectivity index (χ4n) is 2.59. The second-order valence-electron chi connectivity index (χ2n) is 5.49. The Morgan fingerprint density at radius 1 is 1.04 bits per heavy atom. The zero-order chi connectivity index (χ0) is 17.3. The molecule has 7 heteroatoms. The molecule has 0 bridgehead atoms. The molecule has 1 amide bonds. The monoisotopic (exact) mass is 363 g/mol. The number of aryl methyl sites for hydroxylation is 1. The van der Waals surface area contributed by atoms with Gasteiger partial charge in [0.1, 0.15) is 6.04 Å². The number of carbonyl (C=O) groups excluding carboxylic acids is 1. The van der Waals surface area contributed by atoms with E-state index in [9.17, 15) is 13.2 Å². The minimum atomic E-state index is -4.00. The van der Waals surface area contributed by atoms with Gasteiger partial charge < -0.3 is 0 Å². The first-order chi connectivity index (χ1) is 11.4. The standard InChI is InChI=1S/C17H17NO4S2/c1-12-8-10-14(11-9-12)24(20,21)22-16-15(18(23-2)17(16)19)13-6-4-3-5-7-13/h3-11,15-16H,1-2H3. The molecule has 1 saturated heterocycles. The summed E-state index contributed by atoms with van der Waals surface area (Å²) in [6.45, 7) is 1.87. The fourth-order valence-corrected chi connectivity index (χ4v) is 4.38. The summed E-state index contributed by atoms with van der Waals surface area (Å²) in [5.41, 5.74) is 1.79. The summed E-state index contributed by atoms with van der Waals surface area (Å²) in [5, 5.41) is 0. The molecule has 2 unspecified atom stereocenters. The van der Waals surface area contributed by atoms with E-state index in [-0.39, 0.29) is 10.8 Å². The molecule has 3 rings (SSSR count). The van der Waals surface area contributed by atoms with Crippen LogP contribution in [0.1, 0.15) is 17.2 Å². The van der Waals surface area contributed by atoms with Crippen molar-refractivity contribution in [3.63, 3.8) is 0 Å². The second-order valence-corrected chi connectivity index (χ2v) is 7.82. The predicted octanol–water partition coefficient (Wildman–Crippen LogP) is 2.93. The van der Waals surface area contributed by atoms with Crippen molar-refractivity contribution < 1.29 is 17.4 Å². The lowest BCUT2D eigenvalue weighted by Gasteiger charge is -2.44. The number of hydrogen-bond donors (Lipinski definition) is 0. The van der Waals surface area contributed by atoms with Gasteiger partial charge in [0, 0.05) is 6.26 Å². The Hall–Kier alpha value is -1.83. The van der Waals surface area contributed by atoms with E-state index in [1.807, 2.05) is 37.3 Å². The molecule has 0 aliphatic carbocycles. The zero-order valence-electron chi connectivity index (χ0n) is 13.2. The zero-order valence-corrected chi connectivity index (χ0v) is 14.9. The van der Waals surface area contributed by atoms with Gasteiger partial charge in [0.05, 0.1) is 4.90 Å². The molecule has 0 spiro atoms. The van der Waals surface area contributed by atoms with Crippen molar-refractivity contribution in [1.82, 2.24) is 4.31 Å². The van der Waals surface area contributed by atoms with Gasteiger partial charge in [0.25, 0.3) is 16.0 Å². The van der Waals surface area contributed by atoms with Crippen molar-refractivity contribution in [2.45, 2.75) is 24.0 Å². The highest BCUT2D eigenvalue weighted by Crippen LogP contribution is 2.42. The van der Waals surface area contributed by atoms with Gasteiger partial charge >= 0.3 is 0 Å². The van der Waals surface area contributed by atoms with Crippen LogP contribution in [0.3, 0.4) is 0 Å². The molecule has 2 aromatic carbocycles. The Morgan fingerprint density at radius 3 is 2.25 bits per heavy atom. The van der Waals surface area contributed by atoms with Gasteiger partial charge in [-0.3, -0.25) is 13.3 Å². The van der Waals surface area contributed by atoms with Crippen LogP contribution < -0.4 is 0 Å². The number of rotatable bonds is 5. The molecule has 0 aromatic heterocycles. The highest BCUT2D eigenvalue weighted by Gasteiger charge is 2.51. The molecule has 0 N–H and O–H groups in total. The first-order valence-corrected chi connectivity index (χ1v) is 9.95. The number of amides is 1. The van der Waals surface area contributed by atoms with Gasteiger partial charge in [0.15, 0.2) is 6.10 Å². The van der Waals surface area contributed by atoms with Crippen LogP contribution in [0.5, 0.6) is 0 Å². The lowest BCUT2D eigenvalue weighted by Crippen LogP contribution is -2.56. The van der Waals surface area contributed by atoms with E-state index in [4.69, 9.17) is 4.18 Å². The van der Waals surface area contributed by atoms with E-state index in [1.54, 1.807) is 18.4 Å². The first-order valence-electron chi connectivity index (χ1n) is 7.36. The van der Waals surface area contributed by atoms with Crippen molar-refractivity contribution in [2.75, 3.05) is 6.26 Å². The summed E-state index contributed by atoms with van der Waals surface area (Å²) in [6, 6.07) is 15.2. The topological polar surface area (TPSA) is 63.7 Å². The maximum absolute atomic E-state index is 12.5. The van der Waals surface area contributed by atoms with Gasteiger partial charge in [-0.2, -0.15) is 8.42 Å². The highest BCUT2D eigenvalue weighted by molar-refractivity contribution is 7.96. The number of nitrogens with zero attached hydrogens (tertiary/aromatic N) is 1. The van der Waals surface area contributed by atoms with Crippen LogP contribution in [0.4, 0.5) is 0 Å². The SMILES string of the molecule is CSN1C(=O)C(OS(=O)(=O)c2ccc(C)cc2)C1c1ccccc1. The Morgan fingerprint density at radius 2 is 1.67 bits per heavy atom. The van der Waals surface area contributed by atoms with Crippen molar-refractivity contribution in [1.29, 1.82) is 0 Å². The molecule has 2 aromatic rings. The van der Waals surface area contributed by atoms with E-state index in [1.165, 1.54) is 28.4 Å². The van der Waals surface area contributed by atoms with Gasteiger partial charge in [-0.25, -0.2) is 0 Å². The molecular formula is C17H17NO4S2. The number of hydrogen-bond acceptors (Lipinski definition) is 5. The van der Waals surface area contributed by atoms with Gasteiger partial charge in [-0.1, -0.05) is 60.0 Å². The van der Waals surface area contributed by atoms with E-state index in [0.717, 1.165) is 11.1 Å². The van der Waals surface area contributed by atoms with Crippen LogP contribution in [-0.4, -0.2) is 31.0 Å². The van der Waals surface area contributed by atoms with E-state index in [0.29, 0.717) is 0 Å². The average molecular weight is 363 g/mol. The Balaban J connectivity index is 1.87. The van der Waals surface area contributed by atoms with Crippen LogP contribution >= 0.6 is 11.9 Å². The van der Waals surface area contributed by atoms with Crippen molar-refractivity contribution >= 4 is 28.0 Å². The molecule has 1 heterocycles. The molecule has 5 nitrogen and oxygen atoms in total. The fraction of sp³-hybridized carbons (Fsp3) is 0.235. The molecule has 126 valence electrons. The second kappa shape index (κ2) is 6.58. The number of carbonyl (C=O) groups is 1. The summed E-state index contributed by atoms with van der Waals surface area (Å²) in [5.74, 6) is -0.341. The highest BCUT2D eigenvalue weighted by atomic mass is 32.2. The molecule has 1 fully saturated rings. The maximum atomic E-state index is 12.5. The molecule has 0 saturated carbocycles. The van der Waals surface area contributed by atoms with Gasteiger partial charge in [-0.15, -0.1) is 0 Å². The molecule has 2 atom stereocenters. The minimum Gasteiger partial charge on any atom is -0.273 e. The summed E-state index contributed by atoms with van der Waals surface area (Å²) < 4.78 is 31.7. The Bertz CT molecular complexity index is 835. The van der Waals surface area contributed by atoms with Crippen LogP contribution in [0.25, 0.3) is 0 Å². The normalized spacial score (nSPS) is 20.8. The molecule has 24 heavy (non-hydrogen) atoms. The molecular weight excluding hydrogens is 346 g/mol. The average Bonchev–Trinajstić information content (AvgIpc) is 2.58. The van der Waals surface area contributed by atoms with Crippen LogP contribution in [-0.2, 0) is 19.1 Å². The quantitative estimate of drug-likeness (QED) is 0.464. The van der Waals surface area contributed by atoms with Crippen molar-refractivity contribution in [3.05, 3.63) is 65.7 Å². The predicted molar refractivity (Wildman–Crippen MR) is 92.8 cm³/mol. The van der Waals surface area contributed by atoms with Crippen LogP contribution in [0.2, 0.25) is 0 Å². The van der Waals surface area contributed by atoms with E-state index >= 15 is 0 Å². The first kappa shape index (κ1) is 17.0. The summed E-state index contributed by atoms with van der Waals surface area (Å²) in [6.07, 6.45) is 0.740. The van der Waals surface area contributed by atoms with E-state index in [2.05, 4.69) is 0 Å². The molecule has 0 radical (unpaired) electrons. The number of β-lactam (4-membered cyclic amide) rings is 1. The third-order valence-corrected chi connectivity index (χ3v) is 5.99. The summed E-state index contributed by atoms with van der Waals surface area (Å²) >= 11 is 1.26. The minimum absolute atomic E-state index is 0.0512. The van der Waals surface area contributed by atoms with Gasteiger partial charge in [-0.05, 0) is 24.6 Å². The largest absolute Gasteiger partial charge is 0.297 e.